The number of hydrogen-bond acceptors (Lipinski definition) is 4. The minimum atomic E-state index is -0.350. The second-order valence-electron chi connectivity index (χ2n) is 8.02. The highest BCUT2D eigenvalue weighted by molar-refractivity contribution is 5.98. The Hall–Kier alpha value is -4.72. The molecular weight excluding hydrogens is 459 g/mol. The van der Waals surface area contributed by atoms with E-state index in [4.69, 9.17) is 4.74 Å². The normalized spacial score (nSPS) is 10.9. The van der Waals surface area contributed by atoms with Crippen LogP contribution >= 0.6 is 0 Å². The lowest BCUT2D eigenvalue weighted by Gasteiger charge is -2.15. The van der Waals surface area contributed by atoms with E-state index in [1.165, 1.54) is 23.1 Å². The molecule has 8 heteroatoms. The van der Waals surface area contributed by atoms with Gasteiger partial charge in [-0.05, 0) is 66.7 Å². The van der Waals surface area contributed by atoms with Crippen LogP contribution in [-0.2, 0) is 9.59 Å². The average Bonchev–Trinajstić information content (AvgIpc) is 3.33. The first kappa shape index (κ1) is 24.4. The zero-order valence-corrected chi connectivity index (χ0v) is 19.9. The highest BCUT2D eigenvalue weighted by Gasteiger charge is 2.14. The minimum Gasteiger partial charge on any atom is -0.497 e. The first-order chi connectivity index (χ1) is 17.4. The molecule has 0 aliphatic rings. The average molecular weight is 485 g/mol. The Labute approximate surface area is 208 Å². The molecule has 4 aromatic rings. The Kier molecular flexibility index (Phi) is 7.55. The number of anilines is 1. The van der Waals surface area contributed by atoms with Crippen molar-refractivity contribution in [1.82, 2.24) is 14.7 Å². The summed E-state index contributed by atoms with van der Waals surface area (Å²) in [6, 6.07) is 22.5. The van der Waals surface area contributed by atoms with E-state index in [1.807, 2.05) is 30.3 Å². The van der Waals surface area contributed by atoms with E-state index >= 15 is 0 Å². The number of rotatable bonds is 8. The van der Waals surface area contributed by atoms with Gasteiger partial charge in [0.2, 0.25) is 11.8 Å². The van der Waals surface area contributed by atoms with E-state index < -0.39 is 0 Å². The van der Waals surface area contributed by atoms with Crippen LogP contribution in [0.5, 0.6) is 5.75 Å². The molecule has 0 fully saturated rings. The number of aromatic nitrogens is 2. The third-order valence-electron chi connectivity index (χ3n) is 5.42. The van der Waals surface area contributed by atoms with Crippen LogP contribution in [-0.4, -0.2) is 47.2 Å². The van der Waals surface area contributed by atoms with Crippen LogP contribution in [0.1, 0.15) is 5.56 Å². The van der Waals surface area contributed by atoms with Crippen molar-refractivity contribution in [3.63, 3.8) is 0 Å². The standard InChI is InChI=1S/C28H25FN4O3/c1-32(19-26(34)30-23-13-15-25(36-2)16-14-23)27(35)17-10-21-18-33(24-6-4-3-5-7-24)31-28(21)20-8-11-22(29)12-9-20/h3-18H,19H2,1-2H3,(H,30,34)/b17-10+. The number of methoxy groups -OCH3 is 1. The number of hydrogen-bond donors (Lipinski definition) is 1. The number of benzene rings is 3. The van der Waals surface area contributed by atoms with Gasteiger partial charge in [-0.25, -0.2) is 9.07 Å². The smallest absolute Gasteiger partial charge is 0.246 e. The van der Waals surface area contributed by atoms with Gasteiger partial charge in [-0.2, -0.15) is 5.10 Å². The largest absolute Gasteiger partial charge is 0.497 e. The quantitative estimate of drug-likeness (QED) is 0.365. The lowest BCUT2D eigenvalue weighted by molar-refractivity contribution is -0.129. The SMILES string of the molecule is COc1ccc(NC(=O)CN(C)C(=O)/C=C/c2cn(-c3ccccc3)nc2-c2ccc(F)cc2)cc1. The third-order valence-corrected chi connectivity index (χ3v) is 5.42. The molecule has 4 rings (SSSR count). The van der Waals surface area contributed by atoms with Crippen molar-refractivity contribution in [2.24, 2.45) is 0 Å². The summed E-state index contributed by atoms with van der Waals surface area (Å²) in [7, 11) is 3.12. The summed E-state index contributed by atoms with van der Waals surface area (Å²) < 4.78 is 20.3. The van der Waals surface area contributed by atoms with E-state index in [0.717, 1.165) is 5.69 Å². The Morgan fingerprint density at radius 2 is 1.72 bits per heavy atom. The van der Waals surface area contributed by atoms with Crippen molar-refractivity contribution in [1.29, 1.82) is 0 Å². The van der Waals surface area contributed by atoms with E-state index in [0.29, 0.717) is 28.3 Å². The Morgan fingerprint density at radius 1 is 1.03 bits per heavy atom. The van der Waals surface area contributed by atoms with Gasteiger partial charge in [-0.15, -0.1) is 0 Å². The molecule has 1 N–H and O–H groups in total. The molecule has 0 aliphatic carbocycles. The van der Waals surface area contributed by atoms with Crippen LogP contribution in [0.4, 0.5) is 10.1 Å². The van der Waals surface area contributed by atoms with Gasteiger partial charge in [0.05, 0.1) is 25.0 Å². The summed E-state index contributed by atoms with van der Waals surface area (Å²) in [5.74, 6) is -0.338. The maximum atomic E-state index is 13.5. The third kappa shape index (κ3) is 6.04. The summed E-state index contributed by atoms with van der Waals surface area (Å²) in [5, 5.41) is 7.41. The fourth-order valence-electron chi connectivity index (χ4n) is 3.51. The summed E-state index contributed by atoms with van der Waals surface area (Å²) in [4.78, 5) is 26.4. The molecule has 0 unspecified atom stereocenters. The van der Waals surface area contributed by atoms with Crippen molar-refractivity contribution in [2.45, 2.75) is 0 Å². The molecule has 1 heterocycles. The highest BCUT2D eigenvalue weighted by atomic mass is 19.1. The number of para-hydroxylation sites is 1. The fraction of sp³-hybridized carbons (Fsp3) is 0.107. The van der Waals surface area contributed by atoms with E-state index in [-0.39, 0.29) is 24.2 Å². The van der Waals surface area contributed by atoms with Crippen molar-refractivity contribution >= 4 is 23.6 Å². The Balaban J connectivity index is 1.49. The van der Waals surface area contributed by atoms with Crippen molar-refractivity contribution in [3.05, 3.63) is 103 Å². The van der Waals surface area contributed by atoms with Crippen LogP contribution in [0.3, 0.4) is 0 Å². The Bertz CT molecular complexity index is 1360. The van der Waals surface area contributed by atoms with E-state index in [1.54, 1.807) is 67.5 Å². The molecule has 0 bridgehead atoms. The van der Waals surface area contributed by atoms with Crippen molar-refractivity contribution < 1.29 is 18.7 Å². The van der Waals surface area contributed by atoms with Gasteiger partial charge in [0.1, 0.15) is 11.6 Å². The van der Waals surface area contributed by atoms with Gasteiger partial charge in [-0.3, -0.25) is 9.59 Å². The van der Waals surface area contributed by atoms with Crippen LogP contribution in [0.25, 0.3) is 23.0 Å². The van der Waals surface area contributed by atoms with Crippen molar-refractivity contribution in [3.8, 4) is 22.7 Å². The molecule has 0 radical (unpaired) electrons. The number of amides is 2. The number of carbonyl (C=O) groups is 2. The van der Waals surface area contributed by atoms with Crippen LogP contribution in [0, 0.1) is 5.82 Å². The second-order valence-corrected chi connectivity index (χ2v) is 8.02. The number of halogens is 1. The zero-order valence-electron chi connectivity index (χ0n) is 19.9. The minimum absolute atomic E-state index is 0.122. The predicted molar refractivity (Wildman–Crippen MR) is 137 cm³/mol. The molecular formula is C28H25FN4O3. The zero-order chi connectivity index (χ0) is 25.5. The molecule has 0 spiro atoms. The molecule has 0 saturated heterocycles. The number of nitrogens with zero attached hydrogens (tertiary/aromatic N) is 3. The molecule has 0 aliphatic heterocycles. The maximum Gasteiger partial charge on any atom is 0.246 e. The summed E-state index contributed by atoms with van der Waals surface area (Å²) in [5.41, 5.74) is 3.44. The molecule has 0 saturated carbocycles. The second kappa shape index (κ2) is 11.1. The molecule has 0 atom stereocenters. The fourth-order valence-corrected chi connectivity index (χ4v) is 3.51. The molecule has 1 aromatic heterocycles. The number of ether oxygens (including phenoxy) is 1. The van der Waals surface area contributed by atoms with Gasteiger partial charge < -0.3 is 15.0 Å². The van der Waals surface area contributed by atoms with Gasteiger partial charge in [-0.1, -0.05) is 18.2 Å². The van der Waals surface area contributed by atoms with Gasteiger partial charge in [0, 0.05) is 36.1 Å². The molecule has 182 valence electrons. The first-order valence-electron chi connectivity index (χ1n) is 11.2. The monoisotopic (exact) mass is 484 g/mol. The summed E-state index contributed by atoms with van der Waals surface area (Å²) >= 11 is 0. The Morgan fingerprint density at radius 3 is 2.39 bits per heavy atom. The molecule has 7 nitrogen and oxygen atoms in total. The predicted octanol–water partition coefficient (Wildman–Crippen LogP) is 4.80. The van der Waals surface area contributed by atoms with Crippen LogP contribution in [0.15, 0.2) is 91.1 Å². The van der Waals surface area contributed by atoms with Gasteiger partial charge in [0.25, 0.3) is 0 Å². The summed E-state index contributed by atoms with van der Waals surface area (Å²) in [6.45, 7) is -0.122. The number of nitrogens with one attached hydrogen (secondary N) is 1. The first-order valence-corrected chi connectivity index (χ1v) is 11.2. The van der Waals surface area contributed by atoms with Gasteiger partial charge >= 0.3 is 0 Å². The molecule has 3 aromatic carbocycles. The molecule has 2 amide bonds. The topological polar surface area (TPSA) is 76.5 Å². The maximum absolute atomic E-state index is 13.5. The lowest BCUT2D eigenvalue weighted by Crippen LogP contribution is -2.33. The van der Waals surface area contributed by atoms with Gasteiger partial charge in [0.15, 0.2) is 0 Å². The molecule has 36 heavy (non-hydrogen) atoms. The van der Waals surface area contributed by atoms with E-state index in [2.05, 4.69) is 10.4 Å². The van der Waals surface area contributed by atoms with Crippen LogP contribution in [0.2, 0.25) is 0 Å². The van der Waals surface area contributed by atoms with Crippen molar-refractivity contribution in [2.75, 3.05) is 26.0 Å². The van der Waals surface area contributed by atoms with Crippen LogP contribution < -0.4 is 10.1 Å². The lowest BCUT2D eigenvalue weighted by atomic mass is 10.1. The number of likely N-dealkylation sites (N-methyl/N-ethyl adjacent to an activating group) is 1. The highest BCUT2D eigenvalue weighted by Crippen LogP contribution is 2.25. The van der Waals surface area contributed by atoms with E-state index in [9.17, 15) is 14.0 Å². The number of carbonyl (C=O) groups excluding carboxylic acids is 2. The summed E-state index contributed by atoms with van der Waals surface area (Å²) in [6.07, 6.45) is 4.83.